The number of piperidine rings is 1. The monoisotopic (exact) mass is 563 g/mol. The Morgan fingerprint density at radius 3 is 2.43 bits per heavy atom. The smallest absolute Gasteiger partial charge is 0.245 e. The van der Waals surface area contributed by atoms with Crippen LogP contribution in [0.15, 0.2) is 85.1 Å². The van der Waals surface area contributed by atoms with Crippen molar-refractivity contribution in [2.24, 2.45) is 0 Å². The van der Waals surface area contributed by atoms with Crippen LogP contribution in [0.5, 0.6) is 0 Å². The number of hydrogen-bond donors (Lipinski definition) is 3. The molecule has 6 rings (SSSR count). The average Bonchev–Trinajstić information content (AvgIpc) is 3.54. The molecule has 1 fully saturated rings. The SMILES string of the molecule is CC(=O)N1c2ccccc2C2(CCNCC2)C1C(=O)N[C@@H](Cc1c[nH]c2ccccc12)C(=O)N(C)Cc1ccccc1. The maximum absolute atomic E-state index is 14.5. The van der Waals surface area contributed by atoms with Gasteiger partial charge in [0.2, 0.25) is 17.7 Å². The first kappa shape index (κ1) is 27.7. The number of nitrogens with one attached hydrogen (secondary N) is 3. The minimum atomic E-state index is -0.818. The second kappa shape index (κ2) is 11.4. The van der Waals surface area contributed by atoms with Gasteiger partial charge in [0.25, 0.3) is 0 Å². The number of carbonyl (C=O) groups is 3. The Kier molecular flexibility index (Phi) is 7.56. The highest BCUT2D eigenvalue weighted by molar-refractivity contribution is 6.05. The molecule has 1 unspecified atom stereocenters. The first-order valence-electron chi connectivity index (χ1n) is 14.6. The van der Waals surface area contributed by atoms with Crippen molar-refractivity contribution in [1.82, 2.24) is 20.5 Å². The normalized spacial score (nSPS) is 18.0. The lowest BCUT2D eigenvalue weighted by molar-refractivity contribution is -0.136. The maximum Gasteiger partial charge on any atom is 0.245 e. The third-order valence-corrected chi connectivity index (χ3v) is 8.92. The van der Waals surface area contributed by atoms with Crippen LogP contribution >= 0.6 is 0 Å². The number of rotatable bonds is 7. The van der Waals surface area contributed by atoms with Crippen LogP contribution in [0.4, 0.5) is 5.69 Å². The number of anilines is 1. The highest BCUT2D eigenvalue weighted by Gasteiger charge is 2.56. The van der Waals surface area contributed by atoms with E-state index in [0.29, 0.717) is 13.0 Å². The summed E-state index contributed by atoms with van der Waals surface area (Å²) in [6, 6.07) is 24.1. The van der Waals surface area contributed by atoms with Crippen molar-refractivity contribution < 1.29 is 14.4 Å². The second-order valence-electron chi connectivity index (χ2n) is 11.5. The molecule has 3 N–H and O–H groups in total. The lowest BCUT2D eigenvalue weighted by Gasteiger charge is -2.41. The molecule has 1 aromatic heterocycles. The van der Waals surface area contributed by atoms with E-state index in [4.69, 9.17) is 0 Å². The summed E-state index contributed by atoms with van der Waals surface area (Å²) < 4.78 is 0. The summed E-state index contributed by atoms with van der Waals surface area (Å²) in [7, 11) is 1.77. The Labute approximate surface area is 246 Å². The van der Waals surface area contributed by atoms with Crippen molar-refractivity contribution in [3.63, 3.8) is 0 Å². The van der Waals surface area contributed by atoms with E-state index in [1.807, 2.05) is 85.1 Å². The third kappa shape index (κ3) is 4.96. The molecule has 2 aliphatic heterocycles. The van der Waals surface area contributed by atoms with Gasteiger partial charge in [-0.15, -0.1) is 0 Å². The van der Waals surface area contributed by atoms with Gasteiger partial charge in [0, 0.05) is 55.1 Å². The van der Waals surface area contributed by atoms with Crippen LogP contribution in [0.3, 0.4) is 0 Å². The van der Waals surface area contributed by atoms with Gasteiger partial charge in [-0.2, -0.15) is 0 Å². The molecule has 4 aromatic rings. The van der Waals surface area contributed by atoms with Gasteiger partial charge in [-0.3, -0.25) is 19.3 Å². The molecule has 2 atom stereocenters. The maximum atomic E-state index is 14.5. The van der Waals surface area contributed by atoms with Crippen molar-refractivity contribution in [2.45, 2.75) is 50.2 Å². The molecule has 3 heterocycles. The highest BCUT2D eigenvalue weighted by atomic mass is 16.2. The van der Waals surface area contributed by atoms with E-state index < -0.39 is 17.5 Å². The highest BCUT2D eigenvalue weighted by Crippen LogP contribution is 2.50. The van der Waals surface area contributed by atoms with Crippen LogP contribution in [0.2, 0.25) is 0 Å². The molecular formula is C34H37N5O3. The van der Waals surface area contributed by atoms with E-state index in [1.54, 1.807) is 16.8 Å². The summed E-state index contributed by atoms with van der Waals surface area (Å²) in [6.07, 6.45) is 3.68. The van der Waals surface area contributed by atoms with Crippen molar-refractivity contribution >= 4 is 34.3 Å². The Hall–Kier alpha value is -4.43. The number of amides is 3. The minimum Gasteiger partial charge on any atom is -0.361 e. The Morgan fingerprint density at radius 1 is 0.976 bits per heavy atom. The van der Waals surface area contributed by atoms with Crippen LogP contribution < -0.4 is 15.5 Å². The van der Waals surface area contributed by atoms with E-state index in [2.05, 4.69) is 15.6 Å². The van der Waals surface area contributed by atoms with Crippen molar-refractivity contribution in [2.75, 3.05) is 25.0 Å². The molecule has 42 heavy (non-hydrogen) atoms. The molecular weight excluding hydrogens is 526 g/mol. The molecule has 8 heteroatoms. The summed E-state index contributed by atoms with van der Waals surface area (Å²) in [5.74, 6) is -0.657. The number of H-pyrrole nitrogens is 1. The third-order valence-electron chi connectivity index (χ3n) is 8.92. The number of aromatic amines is 1. The van der Waals surface area contributed by atoms with Crippen molar-refractivity contribution in [3.8, 4) is 0 Å². The molecule has 0 aliphatic carbocycles. The Morgan fingerprint density at radius 2 is 1.67 bits per heavy atom. The van der Waals surface area contributed by atoms with Gasteiger partial charge >= 0.3 is 0 Å². The lowest BCUT2D eigenvalue weighted by Crippen LogP contribution is -2.61. The first-order chi connectivity index (χ1) is 20.4. The number of nitrogens with zero attached hydrogens (tertiary/aromatic N) is 2. The molecule has 0 radical (unpaired) electrons. The van der Waals surface area contributed by atoms with Gasteiger partial charge in [-0.25, -0.2) is 0 Å². The van der Waals surface area contributed by atoms with Crippen LogP contribution in [-0.4, -0.2) is 59.8 Å². The zero-order chi connectivity index (χ0) is 29.3. The number of likely N-dealkylation sites (N-methyl/N-ethyl adjacent to an activating group) is 1. The van der Waals surface area contributed by atoms with E-state index >= 15 is 0 Å². The van der Waals surface area contributed by atoms with Crippen LogP contribution in [0, 0.1) is 0 Å². The van der Waals surface area contributed by atoms with Gasteiger partial charge in [0.1, 0.15) is 12.1 Å². The second-order valence-corrected chi connectivity index (χ2v) is 11.5. The molecule has 8 nitrogen and oxygen atoms in total. The quantitative estimate of drug-likeness (QED) is 0.318. The fourth-order valence-electron chi connectivity index (χ4n) is 6.95. The van der Waals surface area contributed by atoms with Crippen molar-refractivity contribution in [1.29, 1.82) is 0 Å². The molecule has 2 aliphatic rings. The zero-order valence-electron chi connectivity index (χ0n) is 24.1. The molecule has 0 saturated carbocycles. The molecule has 1 spiro atoms. The van der Waals surface area contributed by atoms with E-state index in [0.717, 1.165) is 59.2 Å². The number of carbonyl (C=O) groups excluding carboxylic acids is 3. The largest absolute Gasteiger partial charge is 0.361 e. The molecule has 216 valence electrons. The number of aromatic nitrogens is 1. The molecule has 3 aromatic carbocycles. The van der Waals surface area contributed by atoms with Crippen LogP contribution in [0.1, 0.15) is 36.5 Å². The number of benzene rings is 3. The number of fused-ring (bicyclic) bond motifs is 3. The van der Waals surface area contributed by atoms with Gasteiger partial charge < -0.3 is 20.5 Å². The predicted molar refractivity (Wildman–Crippen MR) is 164 cm³/mol. The van der Waals surface area contributed by atoms with Crippen molar-refractivity contribution in [3.05, 3.63) is 102 Å². The standard InChI is InChI=1S/C34H37N5O3/c1-23(40)39-30-15-9-7-13-27(30)34(16-18-35-19-17-34)31(39)32(41)37-29(20-25-21-36-28-14-8-6-12-26(25)28)33(42)38(2)22-24-10-4-3-5-11-24/h3-15,21,29,31,35-36H,16-20,22H2,1-2H3,(H,37,41)/t29-,31?/m0/s1. The lowest BCUT2D eigenvalue weighted by atomic mass is 9.69. The summed E-state index contributed by atoms with van der Waals surface area (Å²) in [6.45, 7) is 3.44. The molecule has 0 bridgehead atoms. The number of para-hydroxylation sites is 2. The summed E-state index contributed by atoms with van der Waals surface area (Å²) >= 11 is 0. The summed E-state index contributed by atoms with van der Waals surface area (Å²) in [5.41, 5.74) is 4.22. The Bertz CT molecular complexity index is 1610. The molecule has 3 amide bonds. The predicted octanol–water partition coefficient (Wildman–Crippen LogP) is 3.91. The molecule has 1 saturated heterocycles. The van der Waals surface area contributed by atoms with E-state index in [1.165, 1.54) is 6.92 Å². The van der Waals surface area contributed by atoms with Gasteiger partial charge in [-0.1, -0.05) is 66.7 Å². The van der Waals surface area contributed by atoms with E-state index in [9.17, 15) is 14.4 Å². The first-order valence-corrected chi connectivity index (χ1v) is 14.6. The number of hydrogen-bond acceptors (Lipinski definition) is 4. The Balaban J connectivity index is 1.35. The van der Waals surface area contributed by atoms with E-state index in [-0.39, 0.29) is 17.7 Å². The fraction of sp³-hybridized carbons (Fsp3) is 0.324. The van der Waals surface area contributed by atoms with Crippen LogP contribution in [0.25, 0.3) is 10.9 Å². The van der Waals surface area contributed by atoms with Gasteiger partial charge in [-0.05, 0) is 54.8 Å². The van der Waals surface area contributed by atoms with Gasteiger partial charge in [0.15, 0.2) is 0 Å². The topological polar surface area (TPSA) is 97.5 Å². The average molecular weight is 564 g/mol. The zero-order valence-corrected chi connectivity index (χ0v) is 24.1. The summed E-state index contributed by atoms with van der Waals surface area (Å²) in [4.78, 5) is 48.3. The van der Waals surface area contributed by atoms with Crippen LogP contribution in [-0.2, 0) is 32.8 Å². The van der Waals surface area contributed by atoms with Gasteiger partial charge in [0.05, 0.1) is 0 Å². The fourth-order valence-corrected chi connectivity index (χ4v) is 6.95. The summed E-state index contributed by atoms with van der Waals surface area (Å²) in [5, 5.41) is 7.59. The minimum absolute atomic E-state index is 0.179.